The normalized spacial score (nSPS) is 19.9. The molecule has 602 valence electrons. The molecule has 6 fully saturated rings. The Morgan fingerprint density at radius 3 is 1.25 bits per heavy atom. The summed E-state index contributed by atoms with van der Waals surface area (Å²) in [7, 11) is -9.33. The fraction of sp³-hybridized carbons (Fsp3) is 0.833. The number of ether oxygens (including phenoxy) is 2. The SMILES string of the molecule is C.CCCC[N+](CCCC)(CCCC)CCCC.CCCN(CCc1nnc([C@@H]2CC[C@@H]3CN2C(=O)N3O)o1)C(=O)OC(C)(C)C.CCCN(CCc1nnc([C@@H]2CC[C@@H]3CN2C(=O)N3OS(=O)(=O)[O-])o1)C(=O)OC(C)(C)C.CF.O=C1N2C[C@@H](CC[C@H]2c2nnc(CCNCCO)o2)N1OS(=O)(=O)O. The zero-order valence-electron chi connectivity index (χ0n) is 63.0. The van der Waals surface area contributed by atoms with Gasteiger partial charge >= 0.3 is 40.7 Å². The average molecular weight is 1540 g/mol. The highest BCUT2D eigenvalue weighted by Gasteiger charge is 2.51. The second-order valence-corrected chi connectivity index (χ2v) is 30.4. The van der Waals surface area contributed by atoms with Crippen LogP contribution in [0.4, 0.5) is 28.4 Å². The Balaban J connectivity index is 0.000000299. The number of aliphatic hydroxyl groups is 1. The number of hydroxylamine groups is 6. The molecule has 39 heteroatoms. The fourth-order valence-corrected chi connectivity index (χ4v) is 13.6. The Hall–Kier alpha value is -6.72. The lowest BCUT2D eigenvalue weighted by atomic mass is 10.0. The number of nitrogens with zero attached hydrogens (tertiary/aromatic N) is 15. The van der Waals surface area contributed by atoms with Gasteiger partial charge in [-0.1, -0.05) is 74.7 Å². The van der Waals surface area contributed by atoms with Crippen LogP contribution < -0.4 is 5.32 Å². The van der Waals surface area contributed by atoms with Gasteiger partial charge in [0, 0.05) is 78.2 Å². The van der Waals surface area contributed by atoms with Crippen LogP contribution in [0.5, 0.6) is 0 Å². The number of fused-ring (bicyclic) bond motifs is 6. The predicted octanol–water partition coefficient (Wildman–Crippen LogP) is 9.28. The second kappa shape index (κ2) is 42.7. The summed E-state index contributed by atoms with van der Waals surface area (Å²) in [5, 5.41) is 47.7. The van der Waals surface area contributed by atoms with Crippen molar-refractivity contribution in [3.05, 3.63) is 35.3 Å². The number of piperidine rings is 3. The minimum atomic E-state index is -5.06. The number of alkyl halides is 1. The highest BCUT2D eigenvalue weighted by molar-refractivity contribution is 7.81. The summed E-state index contributed by atoms with van der Waals surface area (Å²) in [5.41, 5.74) is -1.16. The zero-order valence-corrected chi connectivity index (χ0v) is 64.6. The van der Waals surface area contributed by atoms with E-state index in [0.29, 0.717) is 144 Å². The van der Waals surface area contributed by atoms with E-state index >= 15 is 0 Å². The number of carbonyl (C=O) groups excluding carboxylic acids is 5. The lowest BCUT2D eigenvalue weighted by Crippen LogP contribution is -2.50. The van der Waals surface area contributed by atoms with Crippen molar-refractivity contribution in [1.82, 2.24) is 75.6 Å². The van der Waals surface area contributed by atoms with Gasteiger partial charge in [-0.05, 0) is 119 Å². The standard InChI is InChI=1S/C18H29N5O8S.C18H29N5O5.C16H36N.C12H19N5O7S.CH3F.CH4/c1-5-9-21(17(25)30-18(2,3)4)10-8-14-19-20-15(29-14)13-7-6-12-11-22(13)16(24)23(12)31-32(26,27)28;1-5-9-21(17(25)28-18(2,3)4)10-8-14-19-20-15(27-14)13-7-6-12-11-22(13)16(24)23(12)26;1-5-9-13-17(14-10-6-2,15-11-7-3)16-12-8-4;18-6-5-13-4-3-10-14-15-11(23-10)9-2-1-8-7-16(9)12(19)17(8)24-25(20,21)22;1-2;/h12-13H,5-11H2,1-4H3,(H,26,27,28);12-13,26H,5-11H2,1-4H3;5-16H2,1-4H3;8-9,13,18H,1-7H2,(H,20,21,22);1H3;1H4/q;;+1;;;/p-1/t2*12-,13+;;8-,9+;;/m11.1../s1. The Bertz CT molecular complexity index is 3320. The fourth-order valence-electron chi connectivity index (χ4n) is 12.9. The molecule has 36 nitrogen and oxygen atoms in total. The predicted molar refractivity (Wildman–Crippen MR) is 378 cm³/mol. The number of quaternary nitrogens is 1. The quantitative estimate of drug-likeness (QED) is 0.0142. The van der Waals surface area contributed by atoms with E-state index in [1.165, 1.54) is 91.8 Å². The molecule has 0 radical (unpaired) electrons. The van der Waals surface area contributed by atoms with Crippen molar-refractivity contribution < 1.29 is 100 Å². The van der Waals surface area contributed by atoms with Gasteiger partial charge in [0.25, 0.3) is 0 Å². The zero-order chi connectivity index (χ0) is 77.2. The third-order valence-electron chi connectivity index (χ3n) is 17.9. The van der Waals surface area contributed by atoms with E-state index in [0.717, 1.165) is 17.9 Å². The summed E-state index contributed by atoms with van der Waals surface area (Å²) < 4.78 is 111. The van der Waals surface area contributed by atoms with Gasteiger partial charge in [-0.25, -0.2) is 37.5 Å². The molecule has 105 heavy (non-hydrogen) atoms. The molecule has 3 aromatic heterocycles. The number of urea groups is 3. The monoisotopic (exact) mass is 1540 g/mol. The lowest BCUT2D eigenvalue weighted by molar-refractivity contribution is -0.929. The van der Waals surface area contributed by atoms with E-state index in [1.807, 2.05) is 34.6 Å². The Morgan fingerprint density at radius 2 is 0.905 bits per heavy atom. The van der Waals surface area contributed by atoms with Gasteiger partial charge in [0.05, 0.1) is 58.1 Å². The largest absolute Gasteiger partial charge is 0.724 e. The Labute approximate surface area is 618 Å². The number of aliphatic hydroxyl groups excluding tert-OH is 1. The minimum Gasteiger partial charge on any atom is -0.724 e. The summed E-state index contributed by atoms with van der Waals surface area (Å²) in [5.74, 6) is 1.97. The van der Waals surface area contributed by atoms with Gasteiger partial charge in [-0.15, -0.1) is 34.9 Å². The number of nitrogens with one attached hydrogen (secondary N) is 1. The summed E-state index contributed by atoms with van der Waals surface area (Å²) in [6.07, 6.45) is 16.2. The molecule has 0 unspecified atom stereocenters. The lowest BCUT2D eigenvalue weighted by Gasteiger charge is -2.39. The molecule has 9 rings (SSSR count). The molecule has 3 aromatic rings. The van der Waals surface area contributed by atoms with E-state index < -0.39 is 80.4 Å². The maximum atomic E-state index is 12.5. The maximum absolute atomic E-state index is 12.5. The van der Waals surface area contributed by atoms with E-state index in [9.17, 15) is 55.0 Å². The number of aromatic nitrogens is 6. The molecule has 6 saturated heterocycles. The molecule has 4 N–H and O–H groups in total. The number of hydrogen-bond donors (Lipinski definition) is 4. The van der Waals surface area contributed by atoms with Crippen LogP contribution in [0.15, 0.2) is 13.3 Å². The summed E-state index contributed by atoms with van der Waals surface area (Å²) in [4.78, 5) is 69.2. The molecule has 9 heterocycles. The molecule has 6 atom stereocenters. The first-order valence-electron chi connectivity index (χ1n) is 36.5. The summed E-state index contributed by atoms with van der Waals surface area (Å²) in [6, 6.07) is -4.35. The summed E-state index contributed by atoms with van der Waals surface area (Å²) in [6.45, 7) is 33.6. The number of halogens is 1. The maximum Gasteiger partial charge on any atom is 0.418 e. The van der Waals surface area contributed by atoms with Crippen molar-refractivity contribution in [3.63, 3.8) is 0 Å². The van der Waals surface area contributed by atoms with Crippen LogP contribution in [-0.2, 0) is 58.1 Å². The van der Waals surface area contributed by atoms with Crippen molar-refractivity contribution in [3.8, 4) is 0 Å². The number of hydrogen-bond acceptors (Lipinski definition) is 26. The van der Waals surface area contributed by atoms with E-state index in [-0.39, 0.29) is 57.1 Å². The van der Waals surface area contributed by atoms with Crippen molar-refractivity contribution >= 4 is 51.1 Å². The molecule has 0 spiro atoms. The first kappa shape index (κ1) is 90.7. The molecule has 0 aromatic carbocycles. The third-order valence-corrected chi connectivity index (χ3v) is 18.6. The highest BCUT2D eigenvalue weighted by atomic mass is 32.3. The van der Waals surface area contributed by atoms with Gasteiger partial charge < -0.3 is 66.7 Å². The van der Waals surface area contributed by atoms with Crippen LogP contribution in [0.1, 0.15) is 247 Å². The van der Waals surface area contributed by atoms with Gasteiger partial charge in [0.15, 0.2) is 0 Å². The van der Waals surface area contributed by atoms with Crippen LogP contribution in [0.3, 0.4) is 0 Å². The molecule has 6 aliphatic heterocycles. The first-order valence-corrected chi connectivity index (χ1v) is 39.2. The van der Waals surface area contributed by atoms with E-state index in [2.05, 4.69) is 72.2 Å². The molecule has 0 saturated carbocycles. The summed E-state index contributed by atoms with van der Waals surface area (Å²) >= 11 is 0. The van der Waals surface area contributed by atoms with Crippen molar-refractivity contribution in [2.45, 2.75) is 260 Å². The van der Waals surface area contributed by atoms with Gasteiger partial charge in [-0.3, -0.25) is 14.2 Å². The Kier molecular flexibility index (Phi) is 36.9. The van der Waals surface area contributed by atoms with E-state index in [1.54, 1.807) is 35.5 Å². The number of carbonyl (C=O) groups is 5. The van der Waals surface area contributed by atoms with Crippen LogP contribution in [-0.4, -0.2) is 269 Å². The molecule has 8 amide bonds. The second-order valence-electron chi connectivity index (χ2n) is 28.4. The average Bonchev–Trinajstić information content (AvgIpc) is 1.63. The molecular weight excluding hydrogens is 1420 g/mol. The van der Waals surface area contributed by atoms with Crippen LogP contribution in [0, 0.1) is 0 Å². The van der Waals surface area contributed by atoms with Crippen LogP contribution >= 0.6 is 0 Å². The van der Waals surface area contributed by atoms with Crippen molar-refractivity contribution in [2.24, 2.45) is 0 Å². The number of rotatable bonds is 34. The topological polar surface area (TPSA) is 429 Å². The van der Waals surface area contributed by atoms with Crippen LogP contribution in [0.25, 0.3) is 0 Å². The highest BCUT2D eigenvalue weighted by Crippen LogP contribution is 2.41. The third kappa shape index (κ3) is 28.1. The van der Waals surface area contributed by atoms with Gasteiger partial charge in [0.1, 0.15) is 29.3 Å². The van der Waals surface area contributed by atoms with E-state index in [4.69, 9.17) is 32.4 Å². The molecular formula is C66H119FN16O20S2. The van der Waals surface area contributed by atoms with Gasteiger partial charge in [0.2, 0.25) is 45.7 Å². The van der Waals surface area contributed by atoms with Crippen molar-refractivity contribution in [2.75, 3.05) is 98.9 Å². The molecule has 6 aliphatic rings. The first-order chi connectivity index (χ1) is 49.2. The smallest absolute Gasteiger partial charge is 0.418 e. The Morgan fingerprint density at radius 1 is 0.552 bits per heavy atom. The molecule has 6 bridgehead atoms. The van der Waals surface area contributed by atoms with Gasteiger partial charge in [-0.2, -0.15) is 22.8 Å². The van der Waals surface area contributed by atoms with Crippen LogP contribution in [0.2, 0.25) is 0 Å². The minimum absolute atomic E-state index is 0. The van der Waals surface area contributed by atoms with Crippen molar-refractivity contribution in [1.29, 1.82) is 0 Å². The molecule has 0 aliphatic carbocycles. The number of amides is 8. The number of unbranched alkanes of at least 4 members (excludes halogenated alkanes) is 4.